The quantitative estimate of drug-likeness (QED) is 0.753. The van der Waals surface area contributed by atoms with Crippen LogP contribution in [-0.4, -0.2) is 25.3 Å². The van der Waals surface area contributed by atoms with Crippen molar-refractivity contribution in [2.45, 2.75) is 52.2 Å². The Morgan fingerprint density at radius 3 is 2.88 bits per heavy atom. The van der Waals surface area contributed by atoms with Crippen LogP contribution in [0.2, 0.25) is 0 Å². The third-order valence-electron chi connectivity index (χ3n) is 5.90. The van der Waals surface area contributed by atoms with Crippen LogP contribution in [-0.2, 0) is 9.53 Å². The Kier molecular flexibility index (Phi) is 3.67. The van der Waals surface area contributed by atoms with Crippen LogP contribution in [0.25, 0.3) is 5.57 Å². The minimum Gasteiger partial charge on any atom is -0.497 e. The Bertz CT molecular complexity index is 804. The second-order valence-corrected chi connectivity index (χ2v) is 7.38. The molecule has 0 spiro atoms. The van der Waals surface area contributed by atoms with Gasteiger partial charge in [0.2, 0.25) is 0 Å². The van der Waals surface area contributed by atoms with Crippen molar-refractivity contribution >= 4 is 11.5 Å². The molecular weight excluding hydrogens is 316 g/mol. The second kappa shape index (κ2) is 5.65. The van der Waals surface area contributed by atoms with Crippen LogP contribution in [0.3, 0.4) is 0 Å². The summed E-state index contributed by atoms with van der Waals surface area (Å²) in [5.74, 6) is 1.50. The molecule has 0 N–H and O–H groups in total. The molecule has 25 heavy (non-hydrogen) atoms. The highest BCUT2D eigenvalue weighted by atomic mass is 16.5. The second-order valence-electron chi connectivity index (χ2n) is 7.38. The molecule has 0 amide bonds. The Labute approximate surface area is 148 Å². The number of ether oxygens (including phenoxy) is 3. The van der Waals surface area contributed by atoms with Crippen molar-refractivity contribution in [2.75, 3.05) is 7.11 Å². The van der Waals surface area contributed by atoms with E-state index in [1.165, 1.54) is 23.6 Å². The molecule has 0 saturated heterocycles. The van der Waals surface area contributed by atoms with Crippen LogP contribution in [0.4, 0.5) is 0 Å². The van der Waals surface area contributed by atoms with Gasteiger partial charge in [0.15, 0.2) is 0 Å². The normalized spacial score (nSPS) is 29.8. The lowest BCUT2D eigenvalue weighted by atomic mass is 9.66. The first-order valence-electron chi connectivity index (χ1n) is 8.90. The highest BCUT2D eigenvalue weighted by Crippen LogP contribution is 2.57. The average Bonchev–Trinajstić information content (AvgIpc) is 2.90. The standard InChI is InChI=1S/C21H24O4/c1-12-20-16(15-6-5-14(23-4)11-18(15)24-12)9-10-21(3)17(20)7-8-19(21)25-13(2)22/h5-7,11-12,19H,8-10H2,1-4H3/t12-,19+,21-/m0/s1. The largest absolute Gasteiger partial charge is 0.497 e. The highest BCUT2D eigenvalue weighted by molar-refractivity contribution is 5.81. The molecule has 4 heteroatoms. The maximum absolute atomic E-state index is 11.5. The molecule has 1 aromatic rings. The zero-order valence-electron chi connectivity index (χ0n) is 15.2. The highest BCUT2D eigenvalue weighted by Gasteiger charge is 2.49. The van der Waals surface area contributed by atoms with Gasteiger partial charge in [0.25, 0.3) is 0 Å². The number of esters is 1. The lowest BCUT2D eigenvalue weighted by Crippen LogP contribution is -2.39. The molecule has 4 rings (SSSR count). The van der Waals surface area contributed by atoms with Gasteiger partial charge in [0, 0.05) is 30.4 Å². The summed E-state index contributed by atoms with van der Waals surface area (Å²) in [7, 11) is 1.67. The molecular formula is C21H24O4. The topological polar surface area (TPSA) is 44.8 Å². The molecule has 132 valence electrons. The van der Waals surface area contributed by atoms with Crippen molar-refractivity contribution < 1.29 is 19.0 Å². The van der Waals surface area contributed by atoms with E-state index in [9.17, 15) is 4.79 Å². The van der Waals surface area contributed by atoms with Crippen LogP contribution in [0, 0.1) is 5.41 Å². The molecule has 1 aromatic carbocycles. The van der Waals surface area contributed by atoms with Gasteiger partial charge < -0.3 is 14.2 Å². The van der Waals surface area contributed by atoms with Crippen LogP contribution in [0.15, 0.2) is 35.4 Å². The van der Waals surface area contributed by atoms with Crippen molar-refractivity contribution in [1.82, 2.24) is 0 Å². The molecule has 0 unspecified atom stereocenters. The molecule has 1 heterocycles. The summed E-state index contributed by atoms with van der Waals surface area (Å²) in [6, 6.07) is 6.05. The van der Waals surface area contributed by atoms with Crippen molar-refractivity contribution in [3.05, 3.63) is 41.0 Å². The summed E-state index contributed by atoms with van der Waals surface area (Å²) in [5.41, 5.74) is 4.98. The molecule has 0 bridgehead atoms. The van der Waals surface area contributed by atoms with E-state index in [2.05, 4.69) is 26.0 Å². The van der Waals surface area contributed by atoms with E-state index < -0.39 is 0 Å². The van der Waals surface area contributed by atoms with Crippen LogP contribution >= 0.6 is 0 Å². The minimum atomic E-state index is -0.203. The molecule has 3 aliphatic rings. The molecule has 3 atom stereocenters. The molecule has 1 aliphatic heterocycles. The van der Waals surface area contributed by atoms with Gasteiger partial charge in [-0.3, -0.25) is 4.79 Å². The zero-order chi connectivity index (χ0) is 17.8. The Balaban J connectivity index is 1.78. The smallest absolute Gasteiger partial charge is 0.302 e. The summed E-state index contributed by atoms with van der Waals surface area (Å²) in [6.07, 6.45) is 4.89. The lowest BCUT2D eigenvalue weighted by Gasteiger charge is -2.43. The number of fused-ring (bicyclic) bond motifs is 4. The van der Waals surface area contributed by atoms with E-state index >= 15 is 0 Å². The average molecular weight is 340 g/mol. The van der Waals surface area contributed by atoms with Gasteiger partial charge in [-0.05, 0) is 48.6 Å². The molecule has 2 aliphatic carbocycles. The molecule has 0 saturated carbocycles. The van der Waals surface area contributed by atoms with Gasteiger partial charge in [0.1, 0.15) is 23.7 Å². The van der Waals surface area contributed by atoms with E-state index in [4.69, 9.17) is 14.2 Å². The fourth-order valence-electron chi connectivity index (χ4n) is 4.64. The maximum Gasteiger partial charge on any atom is 0.302 e. The third-order valence-corrected chi connectivity index (χ3v) is 5.90. The molecule has 0 fully saturated rings. The predicted octanol–water partition coefficient (Wildman–Crippen LogP) is 4.29. The number of allylic oxidation sites excluding steroid dienone is 1. The first-order valence-corrected chi connectivity index (χ1v) is 8.90. The fraction of sp³-hybridized carbons (Fsp3) is 0.476. The Morgan fingerprint density at radius 2 is 2.16 bits per heavy atom. The zero-order valence-corrected chi connectivity index (χ0v) is 15.2. The number of hydrogen-bond donors (Lipinski definition) is 0. The monoisotopic (exact) mass is 340 g/mol. The van der Waals surface area contributed by atoms with E-state index in [1.54, 1.807) is 7.11 Å². The Hall–Kier alpha value is -2.23. The summed E-state index contributed by atoms with van der Waals surface area (Å²) in [6.45, 7) is 5.81. The van der Waals surface area contributed by atoms with Gasteiger partial charge in [0.05, 0.1) is 7.11 Å². The van der Waals surface area contributed by atoms with Crippen molar-refractivity contribution in [1.29, 1.82) is 0 Å². The van der Waals surface area contributed by atoms with Gasteiger partial charge in [-0.2, -0.15) is 0 Å². The van der Waals surface area contributed by atoms with E-state index in [0.717, 1.165) is 36.3 Å². The number of benzene rings is 1. The number of rotatable bonds is 2. The first-order chi connectivity index (χ1) is 11.9. The van der Waals surface area contributed by atoms with Gasteiger partial charge >= 0.3 is 5.97 Å². The number of methoxy groups -OCH3 is 1. The van der Waals surface area contributed by atoms with Crippen LogP contribution < -0.4 is 9.47 Å². The summed E-state index contributed by atoms with van der Waals surface area (Å²) < 4.78 is 17.2. The summed E-state index contributed by atoms with van der Waals surface area (Å²) in [5, 5.41) is 0. The van der Waals surface area contributed by atoms with E-state index in [1.807, 2.05) is 12.1 Å². The van der Waals surface area contributed by atoms with Gasteiger partial charge in [-0.15, -0.1) is 0 Å². The van der Waals surface area contributed by atoms with Crippen molar-refractivity contribution in [3.8, 4) is 11.5 Å². The molecule has 0 aromatic heterocycles. The van der Waals surface area contributed by atoms with Crippen molar-refractivity contribution in [2.24, 2.45) is 5.41 Å². The first kappa shape index (κ1) is 16.2. The predicted molar refractivity (Wildman–Crippen MR) is 95.6 cm³/mol. The van der Waals surface area contributed by atoms with Crippen LogP contribution in [0.5, 0.6) is 11.5 Å². The fourth-order valence-corrected chi connectivity index (χ4v) is 4.64. The molecule has 4 nitrogen and oxygen atoms in total. The summed E-state index contributed by atoms with van der Waals surface area (Å²) >= 11 is 0. The minimum absolute atomic E-state index is 0.0171. The van der Waals surface area contributed by atoms with Crippen LogP contribution in [0.1, 0.15) is 45.6 Å². The van der Waals surface area contributed by atoms with Gasteiger partial charge in [-0.25, -0.2) is 0 Å². The summed E-state index contributed by atoms with van der Waals surface area (Å²) in [4.78, 5) is 11.5. The van der Waals surface area contributed by atoms with E-state index in [-0.39, 0.29) is 23.6 Å². The third kappa shape index (κ3) is 2.38. The van der Waals surface area contributed by atoms with Gasteiger partial charge in [-0.1, -0.05) is 13.0 Å². The molecule has 0 radical (unpaired) electrons. The van der Waals surface area contributed by atoms with E-state index in [0.29, 0.717) is 0 Å². The number of carbonyl (C=O) groups is 1. The Morgan fingerprint density at radius 1 is 1.36 bits per heavy atom. The maximum atomic E-state index is 11.5. The SMILES string of the molecule is COc1ccc2c(c1)O[C@@H](C)C1=C2CC[C@@]2(C)C1=CC[C@H]2OC(C)=O. The number of carbonyl (C=O) groups excluding carboxylic acids is 1. The number of hydrogen-bond acceptors (Lipinski definition) is 4. The van der Waals surface area contributed by atoms with Crippen molar-refractivity contribution in [3.63, 3.8) is 0 Å². The lowest BCUT2D eigenvalue weighted by molar-refractivity contribution is -0.150.